The van der Waals surface area contributed by atoms with Gasteiger partial charge in [0, 0.05) is 19.8 Å². The molecule has 3 aromatic rings. The molecule has 0 fully saturated rings. The summed E-state index contributed by atoms with van der Waals surface area (Å²) in [7, 11) is 6.55. The number of hydrogen-bond acceptors (Lipinski definition) is 4. The van der Waals surface area contributed by atoms with Gasteiger partial charge in [-0.2, -0.15) is 0 Å². The summed E-state index contributed by atoms with van der Waals surface area (Å²) >= 11 is 0. The Balaban J connectivity index is 1.79. The third kappa shape index (κ3) is 3.15. The third-order valence-corrected chi connectivity index (χ3v) is 4.37. The Morgan fingerprint density at radius 2 is 1.65 bits per heavy atom. The Bertz CT molecular complexity index is 1030. The summed E-state index contributed by atoms with van der Waals surface area (Å²) in [5, 5.41) is 2.87. The van der Waals surface area contributed by atoms with Crippen LogP contribution in [0.2, 0.25) is 0 Å². The zero-order chi connectivity index (χ0) is 18.8. The van der Waals surface area contributed by atoms with Crippen molar-refractivity contribution in [3.8, 4) is 11.5 Å². The van der Waals surface area contributed by atoms with Gasteiger partial charge in [-0.3, -0.25) is 13.9 Å². The van der Waals surface area contributed by atoms with E-state index >= 15 is 0 Å². The minimum atomic E-state index is -0.155. The number of methoxy groups -OCH3 is 2. The van der Waals surface area contributed by atoms with E-state index in [0.717, 1.165) is 16.6 Å². The highest BCUT2D eigenvalue weighted by atomic mass is 16.5. The van der Waals surface area contributed by atoms with Crippen LogP contribution in [-0.4, -0.2) is 29.3 Å². The number of imidazole rings is 1. The van der Waals surface area contributed by atoms with E-state index in [2.05, 4.69) is 5.32 Å². The average molecular weight is 355 g/mol. The first kappa shape index (κ1) is 17.6. The van der Waals surface area contributed by atoms with Gasteiger partial charge >= 0.3 is 5.69 Å². The second-order valence-electron chi connectivity index (χ2n) is 6.02. The normalized spacial score (nSPS) is 10.8. The van der Waals surface area contributed by atoms with Crippen molar-refractivity contribution in [3.63, 3.8) is 0 Å². The topological polar surface area (TPSA) is 74.5 Å². The first-order valence-electron chi connectivity index (χ1n) is 8.11. The summed E-state index contributed by atoms with van der Waals surface area (Å²) < 4.78 is 13.6. The van der Waals surface area contributed by atoms with Gasteiger partial charge in [0.25, 0.3) is 0 Å². The lowest BCUT2D eigenvalue weighted by Crippen LogP contribution is -2.19. The zero-order valence-electron chi connectivity index (χ0n) is 15.2. The molecular weight excluding hydrogens is 334 g/mol. The molecule has 1 N–H and O–H groups in total. The number of nitrogens with zero attached hydrogens (tertiary/aromatic N) is 2. The maximum atomic E-state index is 12.4. The summed E-state index contributed by atoms with van der Waals surface area (Å²) in [5.74, 6) is 1.04. The molecule has 0 saturated carbocycles. The van der Waals surface area contributed by atoms with Gasteiger partial charge in [0.2, 0.25) is 5.91 Å². The molecule has 0 atom stereocenters. The number of carbonyl (C=O) groups excluding carboxylic acids is 1. The highest BCUT2D eigenvalue weighted by Gasteiger charge is 2.11. The lowest BCUT2D eigenvalue weighted by Gasteiger charge is -2.10. The largest absolute Gasteiger partial charge is 0.493 e. The second kappa shape index (κ2) is 6.95. The highest BCUT2D eigenvalue weighted by molar-refractivity contribution is 5.94. The first-order valence-corrected chi connectivity index (χ1v) is 8.11. The molecule has 26 heavy (non-hydrogen) atoms. The Labute approximate surface area is 150 Å². The van der Waals surface area contributed by atoms with Crippen molar-refractivity contribution < 1.29 is 14.3 Å². The van der Waals surface area contributed by atoms with Gasteiger partial charge in [0.15, 0.2) is 11.5 Å². The summed E-state index contributed by atoms with van der Waals surface area (Å²) in [6.07, 6.45) is 0.201. The molecule has 2 aromatic carbocycles. The van der Waals surface area contributed by atoms with Gasteiger partial charge in [0.05, 0.1) is 31.7 Å². The molecule has 0 unspecified atom stereocenters. The Hall–Kier alpha value is -3.22. The predicted molar refractivity (Wildman–Crippen MR) is 100 cm³/mol. The molecule has 1 aromatic heterocycles. The fraction of sp³-hybridized carbons (Fsp3) is 0.263. The van der Waals surface area contributed by atoms with Crippen LogP contribution in [0.25, 0.3) is 11.0 Å². The second-order valence-corrected chi connectivity index (χ2v) is 6.02. The number of carbonyl (C=O) groups is 1. The predicted octanol–water partition coefficient (Wildman–Crippen LogP) is 2.08. The lowest BCUT2D eigenvalue weighted by molar-refractivity contribution is -0.115. The summed E-state index contributed by atoms with van der Waals surface area (Å²) in [6.45, 7) is 0. The molecule has 0 bridgehead atoms. The third-order valence-electron chi connectivity index (χ3n) is 4.37. The van der Waals surface area contributed by atoms with Crippen LogP contribution in [-0.2, 0) is 25.3 Å². The molecule has 0 radical (unpaired) electrons. The van der Waals surface area contributed by atoms with E-state index in [9.17, 15) is 9.59 Å². The van der Waals surface area contributed by atoms with E-state index in [-0.39, 0.29) is 18.0 Å². The van der Waals surface area contributed by atoms with Gasteiger partial charge in [-0.15, -0.1) is 0 Å². The Morgan fingerprint density at radius 1 is 0.962 bits per heavy atom. The number of aryl methyl sites for hydroxylation is 2. The maximum Gasteiger partial charge on any atom is 0.328 e. The van der Waals surface area contributed by atoms with E-state index in [1.54, 1.807) is 61.7 Å². The van der Waals surface area contributed by atoms with Crippen LogP contribution >= 0.6 is 0 Å². The SMILES string of the molecule is COc1ccc(CC(=O)Nc2ccc3c(c2)n(C)c(=O)n3C)cc1OC. The molecule has 136 valence electrons. The Morgan fingerprint density at radius 3 is 2.35 bits per heavy atom. The Kier molecular flexibility index (Phi) is 4.71. The molecule has 3 rings (SSSR count). The smallest absolute Gasteiger partial charge is 0.328 e. The van der Waals surface area contributed by atoms with Crippen molar-refractivity contribution in [3.05, 3.63) is 52.4 Å². The van der Waals surface area contributed by atoms with E-state index in [1.165, 1.54) is 0 Å². The van der Waals surface area contributed by atoms with Crippen LogP contribution in [0, 0.1) is 0 Å². The van der Waals surface area contributed by atoms with Gasteiger partial charge in [-0.1, -0.05) is 6.07 Å². The van der Waals surface area contributed by atoms with Gasteiger partial charge in [-0.25, -0.2) is 4.79 Å². The van der Waals surface area contributed by atoms with Gasteiger partial charge in [-0.05, 0) is 35.9 Å². The van der Waals surface area contributed by atoms with Crippen LogP contribution < -0.4 is 20.5 Å². The molecule has 0 saturated heterocycles. The first-order chi connectivity index (χ1) is 12.4. The molecule has 1 heterocycles. The van der Waals surface area contributed by atoms with Crippen LogP contribution in [0.1, 0.15) is 5.56 Å². The van der Waals surface area contributed by atoms with Crippen LogP contribution in [0.5, 0.6) is 11.5 Å². The van der Waals surface area contributed by atoms with E-state index in [4.69, 9.17) is 9.47 Å². The summed E-state index contributed by atoms with van der Waals surface area (Å²) in [6, 6.07) is 10.8. The number of hydrogen-bond donors (Lipinski definition) is 1. The highest BCUT2D eigenvalue weighted by Crippen LogP contribution is 2.27. The molecule has 7 nitrogen and oxygen atoms in total. The lowest BCUT2D eigenvalue weighted by atomic mass is 10.1. The molecular formula is C19H21N3O4. The van der Waals surface area contributed by atoms with Gasteiger partial charge < -0.3 is 14.8 Å². The van der Waals surface area contributed by atoms with Crippen molar-refractivity contribution in [2.75, 3.05) is 19.5 Å². The maximum absolute atomic E-state index is 12.4. The summed E-state index contributed by atoms with van der Waals surface area (Å²) in [4.78, 5) is 24.4. The standard InChI is InChI=1S/C19H21N3O4/c1-21-14-7-6-13(11-15(14)22(2)19(21)24)20-18(23)10-12-5-8-16(25-3)17(9-12)26-4/h5-9,11H,10H2,1-4H3,(H,20,23). The number of fused-ring (bicyclic) bond motifs is 1. The van der Waals surface area contributed by atoms with Crippen molar-refractivity contribution in [2.45, 2.75) is 6.42 Å². The number of rotatable bonds is 5. The minimum Gasteiger partial charge on any atom is -0.493 e. The van der Waals surface area contributed by atoms with Crippen LogP contribution in [0.15, 0.2) is 41.2 Å². The molecule has 0 aliphatic rings. The van der Waals surface area contributed by atoms with E-state index in [1.807, 2.05) is 12.1 Å². The van der Waals surface area contributed by atoms with Crippen LogP contribution in [0.4, 0.5) is 5.69 Å². The van der Waals surface area contributed by atoms with E-state index < -0.39 is 0 Å². The minimum absolute atomic E-state index is 0.103. The van der Waals surface area contributed by atoms with Crippen molar-refractivity contribution in [1.29, 1.82) is 0 Å². The molecule has 7 heteroatoms. The number of aromatic nitrogens is 2. The number of anilines is 1. The molecule has 0 spiro atoms. The molecule has 1 amide bonds. The number of ether oxygens (including phenoxy) is 2. The molecule has 0 aliphatic heterocycles. The quantitative estimate of drug-likeness (QED) is 0.760. The monoisotopic (exact) mass is 355 g/mol. The van der Waals surface area contributed by atoms with Crippen molar-refractivity contribution >= 4 is 22.6 Å². The zero-order valence-corrected chi connectivity index (χ0v) is 15.2. The fourth-order valence-electron chi connectivity index (χ4n) is 2.97. The number of amides is 1. The number of benzene rings is 2. The molecule has 0 aliphatic carbocycles. The van der Waals surface area contributed by atoms with Crippen molar-refractivity contribution in [1.82, 2.24) is 9.13 Å². The summed E-state index contributed by atoms with van der Waals surface area (Å²) in [5.41, 5.74) is 2.93. The van der Waals surface area contributed by atoms with Crippen LogP contribution in [0.3, 0.4) is 0 Å². The van der Waals surface area contributed by atoms with E-state index in [0.29, 0.717) is 17.2 Å². The fourth-order valence-corrected chi connectivity index (χ4v) is 2.97. The number of nitrogens with one attached hydrogen (secondary N) is 1. The average Bonchev–Trinajstić information content (AvgIpc) is 2.85. The van der Waals surface area contributed by atoms with Gasteiger partial charge in [0.1, 0.15) is 0 Å². The van der Waals surface area contributed by atoms with Crippen molar-refractivity contribution in [2.24, 2.45) is 14.1 Å².